The molecule has 0 aromatic rings. The highest BCUT2D eigenvalue weighted by Gasteiger charge is 2.41. The van der Waals surface area contributed by atoms with Crippen LogP contribution >= 0.6 is 69.6 Å². The van der Waals surface area contributed by atoms with Crippen LogP contribution in [0.3, 0.4) is 0 Å². The van der Waals surface area contributed by atoms with Crippen molar-refractivity contribution in [3.8, 4) is 0 Å². The Hall–Kier alpha value is 1.22. The second-order valence-corrected chi connectivity index (χ2v) is 5.19. The van der Waals surface area contributed by atoms with Crippen molar-refractivity contribution in [3.63, 3.8) is 0 Å². The fourth-order valence-electron chi connectivity index (χ4n) is 0.679. The summed E-state index contributed by atoms with van der Waals surface area (Å²) in [7, 11) is 0. The van der Waals surface area contributed by atoms with E-state index in [-0.39, 0.29) is 15.1 Å². The van der Waals surface area contributed by atoms with E-state index in [1.807, 2.05) is 0 Å². The molecule has 1 rings (SSSR count). The number of rotatable bonds is 0. The van der Waals surface area contributed by atoms with Crippen molar-refractivity contribution in [2.45, 2.75) is 9.71 Å². The maximum Gasteiger partial charge on any atom is 0.174 e. The summed E-state index contributed by atoms with van der Waals surface area (Å²) in [6.45, 7) is 0. The third-order valence-electron chi connectivity index (χ3n) is 1.33. The molecule has 0 fully saturated rings. The Morgan fingerprint density at radius 3 is 2.17 bits per heavy atom. The van der Waals surface area contributed by atoms with Gasteiger partial charge < -0.3 is 0 Å². The summed E-state index contributed by atoms with van der Waals surface area (Å²) < 4.78 is -1.39. The van der Waals surface area contributed by atoms with Crippen LogP contribution in [0.5, 0.6) is 0 Å². The number of allylic oxidation sites excluding steroid dienone is 4. The van der Waals surface area contributed by atoms with E-state index in [4.69, 9.17) is 69.6 Å². The van der Waals surface area contributed by atoms with Crippen LogP contribution in [0.2, 0.25) is 0 Å². The molecule has 1 unspecified atom stereocenters. The van der Waals surface area contributed by atoms with Crippen LogP contribution in [0, 0.1) is 0 Å². The highest BCUT2D eigenvalue weighted by atomic mass is 35.5. The number of hydrogen-bond acceptors (Lipinski definition) is 0. The standard InChI is InChI=1S/C6H2Cl6/c7-2-1-3(8)6(11,12)5(10)4(2)9/h1,3H. The lowest BCUT2D eigenvalue weighted by atomic mass is 10.1. The summed E-state index contributed by atoms with van der Waals surface area (Å²) in [6, 6.07) is 0. The molecule has 0 saturated heterocycles. The molecule has 1 atom stereocenters. The first-order valence-corrected chi connectivity index (χ1v) is 5.15. The van der Waals surface area contributed by atoms with Gasteiger partial charge >= 0.3 is 0 Å². The zero-order valence-electron chi connectivity index (χ0n) is 5.42. The van der Waals surface area contributed by atoms with E-state index >= 15 is 0 Å². The molecule has 0 aromatic heterocycles. The quantitative estimate of drug-likeness (QED) is 0.571. The van der Waals surface area contributed by atoms with E-state index in [2.05, 4.69) is 0 Å². The van der Waals surface area contributed by atoms with Crippen molar-refractivity contribution < 1.29 is 0 Å². The minimum absolute atomic E-state index is 0.0556. The van der Waals surface area contributed by atoms with Crippen molar-refractivity contribution in [2.75, 3.05) is 0 Å². The number of alkyl halides is 3. The topological polar surface area (TPSA) is 0 Å². The van der Waals surface area contributed by atoms with Gasteiger partial charge in [-0.05, 0) is 6.08 Å². The van der Waals surface area contributed by atoms with Gasteiger partial charge in [-0.15, -0.1) is 11.6 Å². The Kier molecular flexibility index (Phi) is 3.54. The van der Waals surface area contributed by atoms with Gasteiger partial charge in [0.05, 0.1) is 20.5 Å². The second-order valence-electron chi connectivity index (χ2n) is 2.17. The average molecular weight is 287 g/mol. The van der Waals surface area contributed by atoms with Crippen LogP contribution in [-0.2, 0) is 0 Å². The van der Waals surface area contributed by atoms with Gasteiger partial charge in [-0.1, -0.05) is 58.0 Å². The molecule has 1 aliphatic carbocycles. The lowest BCUT2D eigenvalue weighted by Crippen LogP contribution is -2.28. The molecule has 6 heteroatoms. The summed E-state index contributed by atoms with van der Waals surface area (Å²) in [5.41, 5.74) is 0. The monoisotopic (exact) mass is 284 g/mol. The van der Waals surface area contributed by atoms with Crippen molar-refractivity contribution in [3.05, 3.63) is 21.2 Å². The first-order valence-electron chi connectivity index (χ1n) is 2.82. The van der Waals surface area contributed by atoms with Gasteiger partial charge in [-0.25, -0.2) is 0 Å². The van der Waals surface area contributed by atoms with E-state index < -0.39 is 9.71 Å². The fourth-order valence-corrected chi connectivity index (χ4v) is 2.15. The highest BCUT2D eigenvalue weighted by Crippen LogP contribution is 2.47. The Morgan fingerprint density at radius 1 is 1.17 bits per heavy atom. The summed E-state index contributed by atoms with van der Waals surface area (Å²) in [4.78, 5) is 0. The van der Waals surface area contributed by atoms with Gasteiger partial charge in [-0.2, -0.15) is 0 Å². The molecule has 0 N–H and O–H groups in total. The molecular weight excluding hydrogens is 285 g/mol. The van der Waals surface area contributed by atoms with Crippen LogP contribution < -0.4 is 0 Å². The lowest BCUT2D eigenvalue weighted by molar-refractivity contribution is 0.943. The Bertz CT molecular complexity index is 263. The molecule has 0 radical (unpaired) electrons. The molecule has 0 aliphatic heterocycles. The minimum Gasteiger partial charge on any atom is -0.115 e. The van der Waals surface area contributed by atoms with Crippen LogP contribution in [0.4, 0.5) is 0 Å². The van der Waals surface area contributed by atoms with Crippen molar-refractivity contribution >= 4 is 69.6 Å². The van der Waals surface area contributed by atoms with Crippen LogP contribution in [0.15, 0.2) is 21.2 Å². The SMILES string of the molecule is ClC1=CC(Cl)C(Cl)(Cl)C(Cl)=C1Cl. The van der Waals surface area contributed by atoms with Crippen LogP contribution in [0.25, 0.3) is 0 Å². The molecule has 0 nitrogen and oxygen atoms in total. The molecule has 0 bridgehead atoms. The molecule has 0 aromatic carbocycles. The molecule has 68 valence electrons. The maximum absolute atomic E-state index is 5.79. The Morgan fingerprint density at radius 2 is 1.67 bits per heavy atom. The predicted molar refractivity (Wildman–Crippen MR) is 56.7 cm³/mol. The number of halogens is 6. The Labute approximate surface area is 100.0 Å². The zero-order chi connectivity index (χ0) is 9.52. The van der Waals surface area contributed by atoms with Crippen LogP contribution in [0.1, 0.15) is 0 Å². The summed E-state index contributed by atoms with van der Waals surface area (Å²) in [5.74, 6) is 0. The van der Waals surface area contributed by atoms with Crippen molar-refractivity contribution in [2.24, 2.45) is 0 Å². The number of hydrogen-bond donors (Lipinski definition) is 0. The lowest BCUT2D eigenvalue weighted by Gasteiger charge is -2.27. The molecule has 0 amide bonds. The largest absolute Gasteiger partial charge is 0.174 e. The normalized spacial score (nSPS) is 28.8. The van der Waals surface area contributed by atoms with E-state index in [9.17, 15) is 0 Å². The zero-order valence-corrected chi connectivity index (χ0v) is 9.96. The minimum atomic E-state index is -1.39. The Balaban J connectivity index is 3.18. The molecule has 1 aliphatic rings. The van der Waals surface area contributed by atoms with Gasteiger partial charge in [0.1, 0.15) is 0 Å². The first-order chi connectivity index (χ1) is 5.37. The van der Waals surface area contributed by atoms with Crippen LogP contribution in [-0.4, -0.2) is 9.71 Å². The smallest absolute Gasteiger partial charge is 0.115 e. The molecule has 0 heterocycles. The van der Waals surface area contributed by atoms with Gasteiger partial charge in [0.25, 0.3) is 0 Å². The summed E-state index contributed by atoms with van der Waals surface area (Å²) >= 11 is 34.4. The fraction of sp³-hybridized carbons (Fsp3) is 0.333. The second kappa shape index (κ2) is 3.76. The van der Waals surface area contributed by atoms with Gasteiger partial charge in [0.15, 0.2) is 4.33 Å². The third kappa shape index (κ3) is 1.84. The van der Waals surface area contributed by atoms with E-state index in [0.717, 1.165) is 0 Å². The molecule has 0 saturated carbocycles. The predicted octanol–water partition coefficient (Wildman–Crippen LogP) is 4.59. The molecule has 12 heavy (non-hydrogen) atoms. The van der Waals surface area contributed by atoms with Gasteiger partial charge in [0.2, 0.25) is 0 Å². The summed E-state index contributed by atoms with van der Waals surface area (Å²) in [6.07, 6.45) is 1.44. The first kappa shape index (κ1) is 11.3. The molecule has 0 spiro atoms. The maximum atomic E-state index is 5.79. The molecular formula is C6H2Cl6. The highest BCUT2D eigenvalue weighted by molar-refractivity contribution is 6.62. The van der Waals surface area contributed by atoms with E-state index in [1.54, 1.807) is 0 Å². The van der Waals surface area contributed by atoms with Gasteiger partial charge in [-0.3, -0.25) is 0 Å². The third-order valence-corrected chi connectivity index (χ3v) is 4.44. The van der Waals surface area contributed by atoms with Gasteiger partial charge in [0, 0.05) is 0 Å². The summed E-state index contributed by atoms with van der Waals surface area (Å²) in [5, 5.41) is -0.220. The average Bonchev–Trinajstić information content (AvgIpc) is 1.99. The van der Waals surface area contributed by atoms with E-state index in [0.29, 0.717) is 0 Å². The van der Waals surface area contributed by atoms with E-state index in [1.165, 1.54) is 6.08 Å². The van der Waals surface area contributed by atoms with Crippen molar-refractivity contribution in [1.82, 2.24) is 0 Å². The van der Waals surface area contributed by atoms with Crippen molar-refractivity contribution in [1.29, 1.82) is 0 Å².